The van der Waals surface area contributed by atoms with Gasteiger partial charge in [0, 0.05) is 31.7 Å². The third-order valence-corrected chi connectivity index (χ3v) is 6.66. The number of methoxy groups -OCH3 is 1. The summed E-state index contributed by atoms with van der Waals surface area (Å²) in [6.07, 6.45) is 0.980. The highest BCUT2D eigenvalue weighted by Gasteiger charge is 2.28. The van der Waals surface area contributed by atoms with Crippen LogP contribution in [-0.4, -0.2) is 52.8 Å². The van der Waals surface area contributed by atoms with Crippen LogP contribution in [-0.2, 0) is 6.54 Å². The summed E-state index contributed by atoms with van der Waals surface area (Å²) in [5.74, 6) is 1.70. The van der Waals surface area contributed by atoms with Crippen molar-refractivity contribution in [3.05, 3.63) is 65.2 Å². The maximum atomic E-state index is 15.0. The van der Waals surface area contributed by atoms with Crippen LogP contribution in [0, 0.1) is 19.7 Å². The van der Waals surface area contributed by atoms with E-state index in [2.05, 4.69) is 26.5 Å². The molecule has 188 valence electrons. The van der Waals surface area contributed by atoms with Crippen LogP contribution in [0.5, 0.6) is 11.5 Å². The monoisotopic (exact) mass is 490 g/mol. The van der Waals surface area contributed by atoms with Gasteiger partial charge in [0.25, 0.3) is 0 Å². The van der Waals surface area contributed by atoms with Crippen LogP contribution in [0.3, 0.4) is 0 Å². The Hall–Kier alpha value is -3.72. The first-order chi connectivity index (χ1) is 17.5. The first-order valence-corrected chi connectivity index (χ1v) is 12.2. The van der Waals surface area contributed by atoms with E-state index in [9.17, 15) is 4.39 Å². The summed E-state index contributed by atoms with van der Waals surface area (Å²) in [5.41, 5.74) is 3.89. The number of halogens is 1. The molecule has 0 bridgehead atoms. The number of nitrogens with zero attached hydrogens (tertiary/aromatic N) is 5. The number of benzene rings is 2. The number of nitrogens with one attached hydrogen (secondary N) is 1. The van der Waals surface area contributed by atoms with Crippen molar-refractivity contribution < 1.29 is 13.9 Å². The molecule has 0 unspecified atom stereocenters. The van der Waals surface area contributed by atoms with Crippen molar-refractivity contribution in [1.29, 1.82) is 0 Å². The normalized spacial score (nSPS) is 15.6. The SMILES string of the molecule is CCOc1ccc(-n2nc3c(N4CC[C@H](NCc5cccc(OC)c5)C4)nnc(C)c3c2C)c(F)c1. The predicted molar refractivity (Wildman–Crippen MR) is 138 cm³/mol. The van der Waals surface area contributed by atoms with E-state index in [1.807, 2.05) is 39.0 Å². The van der Waals surface area contributed by atoms with Gasteiger partial charge in [0.1, 0.15) is 22.7 Å². The molecule has 8 nitrogen and oxygen atoms in total. The van der Waals surface area contributed by atoms with Crippen LogP contribution >= 0.6 is 0 Å². The van der Waals surface area contributed by atoms with Gasteiger partial charge in [-0.1, -0.05) is 12.1 Å². The van der Waals surface area contributed by atoms with Gasteiger partial charge in [-0.25, -0.2) is 9.07 Å². The Morgan fingerprint density at radius 2 is 1.97 bits per heavy atom. The zero-order valence-corrected chi connectivity index (χ0v) is 21.1. The molecular weight excluding hydrogens is 459 g/mol. The highest BCUT2D eigenvalue weighted by molar-refractivity contribution is 5.92. The minimum Gasteiger partial charge on any atom is -0.497 e. The van der Waals surface area contributed by atoms with E-state index in [0.717, 1.165) is 59.9 Å². The summed E-state index contributed by atoms with van der Waals surface area (Å²) < 4.78 is 27.4. The predicted octanol–water partition coefficient (Wildman–Crippen LogP) is 4.35. The lowest BCUT2D eigenvalue weighted by Crippen LogP contribution is -2.32. The molecule has 2 aromatic carbocycles. The number of hydrogen-bond acceptors (Lipinski definition) is 7. The van der Waals surface area contributed by atoms with E-state index in [4.69, 9.17) is 14.6 Å². The fourth-order valence-electron chi connectivity index (χ4n) is 4.84. The summed E-state index contributed by atoms with van der Waals surface area (Å²) in [6.45, 7) is 8.59. The average molecular weight is 491 g/mol. The minimum absolute atomic E-state index is 0.307. The molecule has 1 aliphatic rings. The topological polar surface area (TPSA) is 77.3 Å². The second-order valence-electron chi connectivity index (χ2n) is 9.04. The molecule has 9 heteroatoms. The lowest BCUT2D eigenvalue weighted by Gasteiger charge is -2.18. The fourth-order valence-corrected chi connectivity index (χ4v) is 4.84. The molecular formula is C27H31FN6O2. The van der Waals surface area contributed by atoms with Crippen molar-refractivity contribution >= 4 is 16.7 Å². The highest BCUT2D eigenvalue weighted by Crippen LogP contribution is 2.32. The van der Waals surface area contributed by atoms with Gasteiger partial charge in [-0.2, -0.15) is 10.2 Å². The number of rotatable bonds is 8. The number of anilines is 1. The van der Waals surface area contributed by atoms with Gasteiger partial charge < -0.3 is 19.7 Å². The number of ether oxygens (including phenoxy) is 2. The number of aromatic nitrogens is 4. The summed E-state index contributed by atoms with van der Waals surface area (Å²) in [6, 6.07) is 13.2. The van der Waals surface area contributed by atoms with E-state index >= 15 is 0 Å². The van der Waals surface area contributed by atoms with Crippen LogP contribution < -0.4 is 19.7 Å². The molecule has 2 aromatic heterocycles. The summed E-state index contributed by atoms with van der Waals surface area (Å²) in [5, 5.41) is 18.3. The van der Waals surface area contributed by atoms with Crippen LogP contribution in [0.25, 0.3) is 16.6 Å². The van der Waals surface area contributed by atoms with Crippen molar-refractivity contribution in [2.24, 2.45) is 0 Å². The fraction of sp³-hybridized carbons (Fsp3) is 0.370. The molecule has 0 spiro atoms. The lowest BCUT2D eigenvalue weighted by atomic mass is 10.2. The smallest absolute Gasteiger partial charge is 0.179 e. The van der Waals surface area contributed by atoms with E-state index in [0.29, 0.717) is 24.1 Å². The van der Waals surface area contributed by atoms with Gasteiger partial charge in [0.15, 0.2) is 11.6 Å². The third kappa shape index (κ3) is 4.58. The van der Waals surface area contributed by atoms with E-state index < -0.39 is 0 Å². The van der Waals surface area contributed by atoms with E-state index in [1.54, 1.807) is 23.9 Å². The molecule has 3 heterocycles. The Balaban J connectivity index is 1.39. The van der Waals surface area contributed by atoms with Crippen molar-refractivity contribution in [2.75, 3.05) is 31.7 Å². The molecule has 1 saturated heterocycles. The molecule has 4 aromatic rings. The minimum atomic E-state index is -0.389. The van der Waals surface area contributed by atoms with Crippen LogP contribution in [0.4, 0.5) is 10.2 Å². The van der Waals surface area contributed by atoms with Crippen LogP contribution in [0.2, 0.25) is 0 Å². The molecule has 0 amide bonds. The highest BCUT2D eigenvalue weighted by atomic mass is 19.1. The van der Waals surface area contributed by atoms with Crippen molar-refractivity contribution in [1.82, 2.24) is 25.3 Å². The van der Waals surface area contributed by atoms with Crippen molar-refractivity contribution in [3.63, 3.8) is 0 Å². The standard InChI is InChI=1S/C27H31FN6O2/c1-5-36-22-9-10-24(23(28)14-22)34-18(3)25-17(2)30-31-27(26(25)32-34)33-12-11-20(16-33)29-15-19-7-6-8-21(13-19)35-4/h6-10,13-14,20,29H,5,11-12,15-16H2,1-4H3/t20-/m0/s1. The maximum Gasteiger partial charge on any atom is 0.179 e. The quantitative estimate of drug-likeness (QED) is 0.394. The Labute approximate surface area is 210 Å². The zero-order chi connectivity index (χ0) is 25.2. The number of hydrogen-bond donors (Lipinski definition) is 1. The van der Waals surface area contributed by atoms with E-state index in [1.165, 1.54) is 11.6 Å². The Bertz CT molecular complexity index is 1390. The summed E-state index contributed by atoms with van der Waals surface area (Å²) in [7, 11) is 1.68. The second-order valence-corrected chi connectivity index (χ2v) is 9.04. The molecule has 5 rings (SSSR count). The molecule has 0 saturated carbocycles. The molecule has 36 heavy (non-hydrogen) atoms. The number of aryl methyl sites for hydroxylation is 2. The molecule has 1 aliphatic heterocycles. The first kappa shape index (κ1) is 24.0. The molecule has 0 aliphatic carbocycles. The summed E-state index contributed by atoms with van der Waals surface area (Å²) >= 11 is 0. The van der Waals surface area contributed by atoms with Gasteiger partial charge in [-0.15, -0.1) is 5.10 Å². The first-order valence-electron chi connectivity index (χ1n) is 12.2. The molecule has 1 fully saturated rings. The Morgan fingerprint density at radius 1 is 1.11 bits per heavy atom. The average Bonchev–Trinajstić information content (AvgIpc) is 3.49. The Morgan fingerprint density at radius 3 is 2.75 bits per heavy atom. The number of fused-ring (bicyclic) bond motifs is 1. The maximum absolute atomic E-state index is 15.0. The zero-order valence-electron chi connectivity index (χ0n) is 21.1. The van der Waals surface area contributed by atoms with E-state index in [-0.39, 0.29) is 5.82 Å². The van der Waals surface area contributed by atoms with Gasteiger partial charge in [-0.05, 0) is 57.0 Å². The molecule has 1 N–H and O–H groups in total. The van der Waals surface area contributed by atoms with Gasteiger partial charge >= 0.3 is 0 Å². The largest absolute Gasteiger partial charge is 0.497 e. The molecule has 0 radical (unpaired) electrons. The lowest BCUT2D eigenvalue weighted by molar-refractivity contribution is 0.338. The molecule has 1 atom stereocenters. The Kier molecular flexibility index (Phi) is 6.73. The second kappa shape index (κ2) is 10.1. The van der Waals surface area contributed by atoms with Crippen LogP contribution in [0.15, 0.2) is 42.5 Å². The van der Waals surface area contributed by atoms with Crippen molar-refractivity contribution in [3.8, 4) is 17.2 Å². The van der Waals surface area contributed by atoms with Crippen molar-refractivity contribution in [2.45, 2.75) is 39.8 Å². The van der Waals surface area contributed by atoms with Gasteiger partial charge in [-0.3, -0.25) is 0 Å². The third-order valence-electron chi connectivity index (χ3n) is 6.66. The van der Waals surface area contributed by atoms with Gasteiger partial charge in [0.2, 0.25) is 0 Å². The van der Waals surface area contributed by atoms with Crippen LogP contribution in [0.1, 0.15) is 30.3 Å². The summed E-state index contributed by atoms with van der Waals surface area (Å²) in [4.78, 5) is 2.21. The van der Waals surface area contributed by atoms with Gasteiger partial charge in [0.05, 0.1) is 30.5 Å².